The van der Waals surface area contributed by atoms with Crippen LogP contribution in [-0.4, -0.2) is 32.1 Å². The number of carbonyl (C=O) groups excluding carboxylic acids is 2. The first-order valence-electron chi connectivity index (χ1n) is 7.91. The monoisotopic (exact) mass is 381 g/mol. The highest BCUT2D eigenvalue weighted by atomic mass is 19.4. The van der Waals surface area contributed by atoms with Crippen molar-refractivity contribution >= 4 is 17.6 Å². The minimum Gasteiger partial charge on any atom is -0.497 e. The normalized spacial score (nSPS) is 12.2. The van der Waals surface area contributed by atoms with Crippen molar-refractivity contribution in [2.75, 3.05) is 19.1 Å². The Bertz CT molecular complexity index is 821. The molecule has 8 heteroatoms. The summed E-state index contributed by atoms with van der Waals surface area (Å²) in [7, 11) is 2.35. The molecule has 0 aliphatic carbocycles. The van der Waals surface area contributed by atoms with Crippen LogP contribution in [0.2, 0.25) is 0 Å². The lowest BCUT2D eigenvalue weighted by Gasteiger charge is -2.28. The van der Waals surface area contributed by atoms with Crippen LogP contribution in [0, 0.1) is 0 Å². The highest BCUT2D eigenvalue weighted by Gasteiger charge is 2.35. The molecule has 5 nitrogen and oxygen atoms in total. The van der Waals surface area contributed by atoms with Gasteiger partial charge >= 0.3 is 12.1 Å². The molecule has 27 heavy (non-hydrogen) atoms. The maximum Gasteiger partial charge on any atom is 0.416 e. The van der Waals surface area contributed by atoms with E-state index >= 15 is 0 Å². The van der Waals surface area contributed by atoms with E-state index in [9.17, 15) is 22.8 Å². The maximum absolute atomic E-state index is 13.2. The van der Waals surface area contributed by atoms with Gasteiger partial charge in [-0.1, -0.05) is 18.2 Å². The van der Waals surface area contributed by atoms with Crippen molar-refractivity contribution in [3.63, 3.8) is 0 Å². The zero-order valence-electron chi connectivity index (χ0n) is 14.9. The van der Waals surface area contributed by atoms with Gasteiger partial charge in [0.2, 0.25) is 0 Å². The van der Waals surface area contributed by atoms with Crippen molar-refractivity contribution in [1.82, 2.24) is 0 Å². The molecular weight excluding hydrogens is 363 g/mol. The van der Waals surface area contributed by atoms with Crippen LogP contribution < -0.4 is 9.64 Å². The number of hydrogen-bond acceptors (Lipinski definition) is 4. The summed E-state index contributed by atoms with van der Waals surface area (Å²) in [5, 5.41) is 0. The summed E-state index contributed by atoms with van der Waals surface area (Å²) in [6.45, 7) is 1.37. The Morgan fingerprint density at radius 2 is 1.67 bits per heavy atom. The summed E-state index contributed by atoms with van der Waals surface area (Å²) in [5.74, 6) is -1.51. The van der Waals surface area contributed by atoms with Gasteiger partial charge in [0, 0.05) is 17.3 Å². The third-order valence-corrected chi connectivity index (χ3v) is 3.90. The molecule has 0 aliphatic heterocycles. The molecule has 2 rings (SSSR count). The lowest BCUT2D eigenvalue weighted by atomic mass is 10.1. The molecule has 0 saturated heterocycles. The van der Waals surface area contributed by atoms with E-state index in [1.165, 1.54) is 32.2 Å². The van der Waals surface area contributed by atoms with E-state index in [1.807, 2.05) is 0 Å². The highest BCUT2D eigenvalue weighted by Crippen LogP contribution is 2.36. The number of nitrogens with zero attached hydrogens (tertiary/aromatic N) is 1. The molecule has 0 fully saturated rings. The minimum absolute atomic E-state index is 0.0947. The van der Waals surface area contributed by atoms with Gasteiger partial charge in [0.25, 0.3) is 5.91 Å². The fraction of sp³-hybridized carbons (Fsp3) is 0.263. The van der Waals surface area contributed by atoms with Gasteiger partial charge in [-0.3, -0.25) is 9.69 Å². The van der Waals surface area contributed by atoms with Crippen LogP contribution in [0.5, 0.6) is 5.75 Å². The number of rotatable bonds is 5. The molecule has 0 bridgehead atoms. The smallest absolute Gasteiger partial charge is 0.416 e. The summed E-state index contributed by atoms with van der Waals surface area (Å²) < 4.78 is 49.3. The van der Waals surface area contributed by atoms with Gasteiger partial charge in [0.05, 0.1) is 19.8 Å². The summed E-state index contributed by atoms with van der Waals surface area (Å²) >= 11 is 0. The SMILES string of the molecule is COC(=O)[C@H](C)N(C(=O)c1ccccc1)c1cc(OC)cc(C(F)(F)F)c1. The fourth-order valence-electron chi connectivity index (χ4n) is 2.52. The van der Waals surface area contributed by atoms with Gasteiger partial charge in [-0.15, -0.1) is 0 Å². The number of anilines is 1. The molecule has 2 aromatic rings. The first-order valence-corrected chi connectivity index (χ1v) is 7.91. The van der Waals surface area contributed by atoms with E-state index < -0.39 is 29.7 Å². The first-order chi connectivity index (χ1) is 12.7. The first kappa shape index (κ1) is 20.3. The number of alkyl halides is 3. The van der Waals surface area contributed by atoms with Gasteiger partial charge in [-0.25, -0.2) is 4.79 Å². The second-order valence-corrected chi connectivity index (χ2v) is 5.66. The summed E-state index contributed by atoms with van der Waals surface area (Å²) in [6, 6.07) is 9.64. The standard InChI is InChI=1S/C19H18F3NO4/c1-12(18(25)27-3)23(17(24)13-7-5-4-6-8-13)15-9-14(19(20,21)22)10-16(11-15)26-2/h4-12H,1-3H3/t12-/m0/s1. The van der Waals surface area contributed by atoms with Crippen LogP contribution in [0.3, 0.4) is 0 Å². The minimum atomic E-state index is -4.65. The van der Waals surface area contributed by atoms with E-state index in [1.54, 1.807) is 18.2 Å². The van der Waals surface area contributed by atoms with E-state index in [4.69, 9.17) is 4.74 Å². The third kappa shape index (κ3) is 4.58. The van der Waals surface area contributed by atoms with Gasteiger partial charge in [0.1, 0.15) is 11.8 Å². The number of benzene rings is 2. The molecule has 0 N–H and O–H groups in total. The number of esters is 1. The quantitative estimate of drug-likeness (QED) is 0.737. The Balaban J connectivity index is 2.63. The van der Waals surface area contributed by atoms with Crippen LogP contribution in [0.25, 0.3) is 0 Å². The molecule has 0 heterocycles. The van der Waals surface area contributed by atoms with Crippen LogP contribution >= 0.6 is 0 Å². The van der Waals surface area contributed by atoms with Crippen molar-refractivity contribution in [3.8, 4) is 5.75 Å². The Morgan fingerprint density at radius 3 is 2.19 bits per heavy atom. The summed E-state index contributed by atoms with van der Waals surface area (Å²) in [5.41, 5.74) is -0.919. The van der Waals surface area contributed by atoms with Crippen LogP contribution in [0.15, 0.2) is 48.5 Å². The Kier molecular flexibility index (Phi) is 6.09. The summed E-state index contributed by atoms with van der Waals surface area (Å²) in [4.78, 5) is 26.0. The van der Waals surface area contributed by atoms with Gasteiger partial charge in [-0.05, 0) is 31.2 Å². The van der Waals surface area contributed by atoms with E-state index in [2.05, 4.69) is 4.74 Å². The number of carbonyl (C=O) groups is 2. The van der Waals surface area contributed by atoms with Crippen LogP contribution in [-0.2, 0) is 15.7 Å². The largest absolute Gasteiger partial charge is 0.497 e. The lowest BCUT2D eigenvalue weighted by Crippen LogP contribution is -2.44. The van der Waals surface area contributed by atoms with Crippen LogP contribution in [0.1, 0.15) is 22.8 Å². The molecule has 0 aromatic heterocycles. The highest BCUT2D eigenvalue weighted by molar-refractivity contribution is 6.09. The van der Waals surface area contributed by atoms with Gasteiger partial charge in [-0.2, -0.15) is 13.2 Å². The number of amides is 1. The number of halogens is 3. The number of ether oxygens (including phenoxy) is 2. The number of hydrogen-bond donors (Lipinski definition) is 0. The fourth-order valence-corrected chi connectivity index (χ4v) is 2.52. The van der Waals surface area contributed by atoms with Gasteiger partial charge in [0.15, 0.2) is 0 Å². The average Bonchev–Trinajstić information content (AvgIpc) is 2.67. The lowest BCUT2D eigenvalue weighted by molar-refractivity contribution is -0.141. The molecule has 144 valence electrons. The second-order valence-electron chi connectivity index (χ2n) is 5.66. The molecule has 0 spiro atoms. The molecular formula is C19H18F3NO4. The van der Waals surface area contributed by atoms with E-state index in [0.717, 1.165) is 24.1 Å². The van der Waals surface area contributed by atoms with Crippen molar-refractivity contribution in [1.29, 1.82) is 0 Å². The average molecular weight is 381 g/mol. The molecule has 0 saturated carbocycles. The Labute approximate surface area is 154 Å². The summed E-state index contributed by atoms with van der Waals surface area (Å²) in [6.07, 6.45) is -4.65. The predicted molar refractivity (Wildman–Crippen MR) is 92.7 cm³/mol. The molecule has 0 radical (unpaired) electrons. The number of methoxy groups -OCH3 is 2. The second kappa shape index (κ2) is 8.11. The van der Waals surface area contributed by atoms with Gasteiger partial charge < -0.3 is 9.47 Å². The zero-order valence-corrected chi connectivity index (χ0v) is 14.9. The zero-order chi connectivity index (χ0) is 20.2. The molecule has 1 amide bonds. The van der Waals surface area contributed by atoms with E-state index in [0.29, 0.717) is 0 Å². The molecule has 0 aliphatic rings. The van der Waals surface area contributed by atoms with Crippen LogP contribution in [0.4, 0.5) is 18.9 Å². The van der Waals surface area contributed by atoms with Crippen molar-refractivity contribution in [2.24, 2.45) is 0 Å². The van der Waals surface area contributed by atoms with Crippen molar-refractivity contribution in [2.45, 2.75) is 19.1 Å². The Morgan fingerprint density at radius 1 is 1.04 bits per heavy atom. The Hall–Kier alpha value is -3.03. The maximum atomic E-state index is 13.2. The predicted octanol–water partition coefficient (Wildman–Crippen LogP) is 3.92. The topological polar surface area (TPSA) is 55.8 Å². The van der Waals surface area contributed by atoms with Crippen molar-refractivity contribution in [3.05, 3.63) is 59.7 Å². The molecule has 2 aromatic carbocycles. The van der Waals surface area contributed by atoms with Crippen molar-refractivity contribution < 1.29 is 32.2 Å². The molecule has 1 atom stereocenters. The van der Waals surface area contributed by atoms with E-state index in [-0.39, 0.29) is 17.0 Å². The molecule has 0 unspecified atom stereocenters. The third-order valence-electron chi connectivity index (χ3n) is 3.90.